The number of hydrogen-bond acceptors (Lipinski definition) is 4. The molecule has 0 aliphatic rings. The summed E-state index contributed by atoms with van der Waals surface area (Å²) in [6, 6.07) is 0. The van der Waals surface area contributed by atoms with Gasteiger partial charge < -0.3 is 20.4 Å². The van der Waals surface area contributed by atoms with Crippen LogP contribution in [-0.2, 0) is 0 Å². The number of rotatable bonds is 14. The Morgan fingerprint density at radius 1 is 0.361 bits per heavy atom. The van der Waals surface area contributed by atoms with Gasteiger partial charge in [0.15, 0.2) is 0 Å². The van der Waals surface area contributed by atoms with Gasteiger partial charge in [0.1, 0.15) is 0 Å². The van der Waals surface area contributed by atoms with Crippen LogP contribution in [0.1, 0.15) is 123 Å². The van der Waals surface area contributed by atoms with E-state index in [4.69, 9.17) is 20.4 Å². The molecule has 0 fully saturated rings. The van der Waals surface area contributed by atoms with Crippen molar-refractivity contribution in [2.45, 2.75) is 123 Å². The fourth-order valence-electron chi connectivity index (χ4n) is 3.95. The van der Waals surface area contributed by atoms with Crippen molar-refractivity contribution in [2.24, 2.45) is 59.2 Å². The van der Waals surface area contributed by atoms with Crippen LogP contribution in [0.3, 0.4) is 0 Å². The minimum absolute atomic E-state index is 0.341. The Hall–Kier alpha value is -0.160. The smallest absolute Gasteiger partial charge is 0.0461 e. The Bertz CT molecular complexity index is 359. The molecule has 0 aromatic rings. The van der Waals surface area contributed by atoms with Crippen LogP contribution in [0.5, 0.6) is 0 Å². The van der Waals surface area contributed by atoms with Gasteiger partial charge in [-0.2, -0.15) is 0 Å². The summed E-state index contributed by atoms with van der Waals surface area (Å²) in [6.07, 6.45) is 4.48. The SMILES string of the molecule is CC(C)CC(CO)C(C)C.CC(C)C[C@H](CO)C(C)C.CCC(CO)C(C)C.CC[C@H](CO)C(C)C. The third-order valence-electron chi connectivity index (χ3n) is 7.31. The molecular formula is C32H72O4. The van der Waals surface area contributed by atoms with Gasteiger partial charge in [0.25, 0.3) is 0 Å². The molecule has 0 radical (unpaired) electrons. The quantitative estimate of drug-likeness (QED) is 0.187. The molecule has 4 heteroatoms. The predicted molar refractivity (Wildman–Crippen MR) is 161 cm³/mol. The molecule has 0 saturated carbocycles. The second-order valence-electron chi connectivity index (χ2n) is 12.8. The standard InChI is InChI=1S/2C9H20O.2C7H16O/c2*1-7(2)5-9(6-10)8(3)4;2*1-4-7(5-8)6(2)3/h2*7-10H,5-6H2,1-4H3;2*6-8H,4-5H2,1-3H3/t9-;;7-;/m1.1./s1. The second-order valence-corrected chi connectivity index (χ2v) is 12.8. The van der Waals surface area contributed by atoms with Gasteiger partial charge in [-0.05, 0) is 72.0 Å². The molecule has 0 aliphatic carbocycles. The number of aliphatic hydroxyl groups is 4. The fourth-order valence-corrected chi connectivity index (χ4v) is 3.95. The fraction of sp³-hybridized carbons (Fsp3) is 1.00. The first-order valence-corrected chi connectivity index (χ1v) is 15.0. The predicted octanol–water partition coefficient (Wildman–Crippen LogP) is 7.92. The Balaban J connectivity index is -0.000000191. The maximum atomic E-state index is 8.95. The monoisotopic (exact) mass is 521 g/mol. The van der Waals surface area contributed by atoms with Crippen molar-refractivity contribution in [3.8, 4) is 0 Å². The summed E-state index contributed by atoms with van der Waals surface area (Å²) in [4.78, 5) is 0. The topological polar surface area (TPSA) is 80.9 Å². The van der Waals surface area contributed by atoms with Crippen LogP contribution in [-0.4, -0.2) is 46.9 Å². The lowest BCUT2D eigenvalue weighted by Gasteiger charge is -2.19. The van der Waals surface area contributed by atoms with Crippen molar-refractivity contribution in [1.29, 1.82) is 0 Å². The molecule has 0 bridgehead atoms. The molecule has 4 N–H and O–H groups in total. The minimum Gasteiger partial charge on any atom is -0.396 e. The van der Waals surface area contributed by atoms with E-state index in [9.17, 15) is 0 Å². The van der Waals surface area contributed by atoms with Crippen LogP contribution in [0.25, 0.3) is 0 Å². The van der Waals surface area contributed by atoms with E-state index in [1.807, 2.05) is 0 Å². The zero-order valence-corrected chi connectivity index (χ0v) is 27.2. The van der Waals surface area contributed by atoms with Crippen LogP contribution in [0, 0.1) is 59.2 Å². The summed E-state index contributed by atoms with van der Waals surface area (Å²) in [5.41, 5.74) is 0. The van der Waals surface area contributed by atoms with Crippen molar-refractivity contribution in [3.63, 3.8) is 0 Å². The molecule has 0 saturated heterocycles. The highest BCUT2D eigenvalue weighted by atomic mass is 16.3. The van der Waals surface area contributed by atoms with Gasteiger partial charge in [0.05, 0.1) is 0 Å². The first-order chi connectivity index (χ1) is 16.6. The molecule has 0 spiro atoms. The molecule has 0 aromatic carbocycles. The molecule has 4 nitrogen and oxygen atoms in total. The molecule has 2 unspecified atom stereocenters. The highest BCUT2D eigenvalue weighted by Crippen LogP contribution is 2.19. The van der Waals surface area contributed by atoms with Gasteiger partial charge in [-0.3, -0.25) is 0 Å². The van der Waals surface area contributed by atoms with Gasteiger partial charge in [0, 0.05) is 26.4 Å². The van der Waals surface area contributed by atoms with E-state index >= 15 is 0 Å². The lowest BCUT2D eigenvalue weighted by atomic mass is 9.88. The maximum Gasteiger partial charge on any atom is 0.0461 e. The van der Waals surface area contributed by atoms with Crippen molar-refractivity contribution >= 4 is 0 Å². The Morgan fingerprint density at radius 3 is 0.583 bits per heavy atom. The van der Waals surface area contributed by atoms with E-state index in [1.54, 1.807) is 0 Å². The van der Waals surface area contributed by atoms with Crippen LogP contribution < -0.4 is 0 Å². The summed E-state index contributed by atoms with van der Waals surface area (Å²) in [6.45, 7) is 31.6. The van der Waals surface area contributed by atoms with Crippen LogP contribution >= 0.6 is 0 Å². The molecule has 0 amide bonds. The van der Waals surface area contributed by atoms with E-state index in [1.165, 1.54) is 0 Å². The average molecular weight is 521 g/mol. The van der Waals surface area contributed by atoms with E-state index in [0.717, 1.165) is 25.7 Å². The van der Waals surface area contributed by atoms with E-state index in [-0.39, 0.29) is 0 Å². The number of hydrogen-bond donors (Lipinski definition) is 4. The zero-order valence-electron chi connectivity index (χ0n) is 27.2. The van der Waals surface area contributed by atoms with E-state index < -0.39 is 0 Å². The van der Waals surface area contributed by atoms with Crippen molar-refractivity contribution in [2.75, 3.05) is 26.4 Å². The van der Waals surface area contributed by atoms with Crippen molar-refractivity contribution in [3.05, 3.63) is 0 Å². The maximum absolute atomic E-state index is 8.95. The highest BCUT2D eigenvalue weighted by Gasteiger charge is 2.14. The Labute approximate surface area is 228 Å². The minimum atomic E-state index is 0.341. The van der Waals surface area contributed by atoms with Gasteiger partial charge >= 0.3 is 0 Å². The number of aliphatic hydroxyl groups excluding tert-OH is 4. The summed E-state index contributed by atoms with van der Waals surface area (Å²) in [5, 5.41) is 35.3. The summed E-state index contributed by atoms with van der Waals surface area (Å²) < 4.78 is 0. The molecular weight excluding hydrogens is 448 g/mol. The largest absolute Gasteiger partial charge is 0.396 e. The summed E-state index contributed by atoms with van der Waals surface area (Å²) in [7, 11) is 0. The summed E-state index contributed by atoms with van der Waals surface area (Å²) in [5.74, 6) is 5.93. The summed E-state index contributed by atoms with van der Waals surface area (Å²) >= 11 is 0. The Morgan fingerprint density at radius 2 is 0.556 bits per heavy atom. The normalized spacial score (nSPS) is 14.7. The molecule has 4 atom stereocenters. The van der Waals surface area contributed by atoms with Gasteiger partial charge in [-0.1, -0.05) is 110 Å². The average Bonchev–Trinajstić information content (AvgIpc) is 2.77. The van der Waals surface area contributed by atoms with Gasteiger partial charge in [-0.15, -0.1) is 0 Å². The molecule has 0 aromatic heterocycles. The molecule has 36 heavy (non-hydrogen) atoms. The van der Waals surface area contributed by atoms with Crippen molar-refractivity contribution in [1.82, 2.24) is 0 Å². The second kappa shape index (κ2) is 27.9. The van der Waals surface area contributed by atoms with Crippen LogP contribution in [0.4, 0.5) is 0 Å². The first-order valence-electron chi connectivity index (χ1n) is 15.0. The van der Waals surface area contributed by atoms with Gasteiger partial charge in [0.2, 0.25) is 0 Å². The Kier molecular flexibility index (Phi) is 33.2. The van der Waals surface area contributed by atoms with Crippen LogP contribution in [0.2, 0.25) is 0 Å². The van der Waals surface area contributed by atoms with E-state index in [2.05, 4.69) is 96.9 Å². The lowest BCUT2D eigenvalue weighted by molar-refractivity contribution is 0.168. The highest BCUT2D eigenvalue weighted by molar-refractivity contribution is 4.64. The third kappa shape index (κ3) is 28.4. The molecule has 224 valence electrons. The lowest BCUT2D eigenvalue weighted by Crippen LogP contribution is -2.15. The zero-order chi connectivity index (χ0) is 29.4. The van der Waals surface area contributed by atoms with Crippen LogP contribution in [0.15, 0.2) is 0 Å². The van der Waals surface area contributed by atoms with Gasteiger partial charge in [-0.25, -0.2) is 0 Å². The first kappa shape index (κ1) is 42.9. The molecule has 0 rings (SSSR count). The van der Waals surface area contributed by atoms with Crippen molar-refractivity contribution < 1.29 is 20.4 Å². The van der Waals surface area contributed by atoms with E-state index in [0.29, 0.717) is 85.6 Å². The molecule has 0 heterocycles. The molecule has 0 aliphatic heterocycles. The third-order valence-corrected chi connectivity index (χ3v) is 7.31.